The van der Waals surface area contributed by atoms with E-state index < -0.39 is 5.91 Å². The van der Waals surface area contributed by atoms with Crippen molar-refractivity contribution in [3.8, 4) is 17.2 Å². The number of aromatic hydroxyl groups is 1. The molecular weight excluding hydrogens is 362 g/mol. The topological polar surface area (TPSA) is 58.6 Å². The van der Waals surface area contributed by atoms with E-state index in [1.807, 2.05) is 44.2 Å². The van der Waals surface area contributed by atoms with Crippen LogP contribution in [0.2, 0.25) is 5.02 Å². The van der Waals surface area contributed by atoms with Crippen molar-refractivity contribution in [1.82, 2.24) is 0 Å². The van der Waals surface area contributed by atoms with Crippen LogP contribution in [0.5, 0.6) is 17.2 Å². The molecule has 0 fully saturated rings. The van der Waals surface area contributed by atoms with Crippen LogP contribution in [-0.2, 0) is 0 Å². The summed E-state index contributed by atoms with van der Waals surface area (Å²) in [4.78, 5) is 12.5. The van der Waals surface area contributed by atoms with Crippen LogP contribution in [0.3, 0.4) is 0 Å². The highest BCUT2D eigenvalue weighted by atomic mass is 35.5. The Hall–Kier alpha value is -2.98. The molecule has 0 saturated carbocycles. The van der Waals surface area contributed by atoms with Crippen molar-refractivity contribution in [2.75, 3.05) is 5.32 Å². The molecule has 0 unspecified atom stereocenters. The summed E-state index contributed by atoms with van der Waals surface area (Å²) in [7, 11) is 0. The van der Waals surface area contributed by atoms with Crippen LogP contribution in [0.15, 0.2) is 54.6 Å². The summed E-state index contributed by atoms with van der Waals surface area (Å²) in [6, 6.07) is 16.1. The fourth-order valence-corrected chi connectivity index (χ4v) is 2.95. The van der Waals surface area contributed by atoms with Gasteiger partial charge in [-0.2, -0.15) is 0 Å². The van der Waals surface area contributed by atoms with Gasteiger partial charge in [0.15, 0.2) is 0 Å². The Balaban J connectivity index is 1.78. The minimum Gasteiger partial charge on any atom is -0.507 e. The third-order valence-corrected chi connectivity index (χ3v) is 4.42. The lowest BCUT2D eigenvalue weighted by molar-refractivity contribution is 0.102. The first-order valence-corrected chi connectivity index (χ1v) is 8.87. The Bertz CT molecular complexity index is 997. The number of carbonyl (C=O) groups is 1. The molecule has 0 aliphatic rings. The van der Waals surface area contributed by atoms with Gasteiger partial charge in [-0.1, -0.05) is 35.4 Å². The Labute approximate surface area is 163 Å². The van der Waals surface area contributed by atoms with E-state index in [2.05, 4.69) is 5.32 Å². The van der Waals surface area contributed by atoms with Crippen molar-refractivity contribution in [1.29, 1.82) is 0 Å². The van der Waals surface area contributed by atoms with Crippen LogP contribution < -0.4 is 10.1 Å². The minimum absolute atomic E-state index is 0.0245. The first-order chi connectivity index (χ1) is 12.8. The predicted molar refractivity (Wildman–Crippen MR) is 108 cm³/mol. The standard InChI is InChI=1S/C22H20ClNO3/c1-13-4-7-17(8-5-13)27-20-9-6-16(12-19(20)23)24-22(26)18-11-14(2)10-15(3)21(18)25/h4-12,25H,1-3H3,(H,24,26). The lowest BCUT2D eigenvalue weighted by atomic mass is 10.0. The second-order valence-electron chi connectivity index (χ2n) is 6.49. The first-order valence-electron chi connectivity index (χ1n) is 8.49. The molecular formula is C22H20ClNO3. The second kappa shape index (κ2) is 7.72. The van der Waals surface area contributed by atoms with Crippen molar-refractivity contribution in [3.05, 3.63) is 81.9 Å². The Morgan fingerprint density at radius 1 is 0.963 bits per heavy atom. The average Bonchev–Trinajstić information content (AvgIpc) is 2.62. The number of phenols is 1. The highest BCUT2D eigenvalue weighted by Gasteiger charge is 2.15. The molecule has 4 nitrogen and oxygen atoms in total. The van der Waals surface area contributed by atoms with Crippen LogP contribution in [-0.4, -0.2) is 11.0 Å². The van der Waals surface area contributed by atoms with Crippen molar-refractivity contribution in [2.45, 2.75) is 20.8 Å². The summed E-state index contributed by atoms with van der Waals surface area (Å²) in [5.74, 6) is 0.748. The third-order valence-electron chi connectivity index (χ3n) is 4.13. The number of amides is 1. The van der Waals surface area contributed by atoms with Gasteiger partial charge >= 0.3 is 0 Å². The van der Waals surface area contributed by atoms with Gasteiger partial charge in [-0.25, -0.2) is 0 Å². The molecule has 0 bridgehead atoms. The van der Waals surface area contributed by atoms with E-state index in [0.717, 1.165) is 11.1 Å². The lowest BCUT2D eigenvalue weighted by Gasteiger charge is -2.12. The Morgan fingerprint density at radius 3 is 2.33 bits per heavy atom. The fraction of sp³-hybridized carbons (Fsp3) is 0.136. The molecule has 0 aromatic heterocycles. The number of benzene rings is 3. The summed E-state index contributed by atoms with van der Waals surface area (Å²) in [5.41, 5.74) is 3.43. The van der Waals surface area contributed by atoms with Crippen molar-refractivity contribution in [3.63, 3.8) is 0 Å². The van der Waals surface area contributed by atoms with Gasteiger partial charge in [-0.05, 0) is 68.3 Å². The van der Waals surface area contributed by atoms with E-state index in [-0.39, 0.29) is 11.3 Å². The maximum Gasteiger partial charge on any atom is 0.259 e. The quantitative estimate of drug-likeness (QED) is 0.581. The van der Waals surface area contributed by atoms with Crippen molar-refractivity contribution >= 4 is 23.2 Å². The molecule has 3 rings (SSSR count). The van der Waals surface area contributed by atoms with E-state index in [9.17, 15) is 9.90 Å². The van der Waals surface area contributed by atoms with Gasteiger partial charge in [0.2, 0.25) is 0 Å². The summed E-state index contributed by atoms with van der Waals surface area (Å²) < 4.78 is 5.77. The molecule has 0 atom stereocenters. The van der Waals surface area contributed by atoms with Gasteiger partial charge in [0.05, 0.1) is 10.6 Å². The average molecular weight is 382 g/mol. The zero-order valence-corrected chi connectivity index (χ0v) is 16.1. The van der Waals surface area contributed by atoms with Gasteiger partial charge < -0.3 is 15.2 Å². The van der Waals surface area contributed by atoms with Crippen molar-refractivity contribution < 1.29 is 14.6 Å². The van der Waals surface area contributed by atoms with Crippen LogP contribution in [0.1, 0.15) is 27.0 Å². The molecule has 3 aromatic carbocycles. The summed E-state index contributed by atoms with van der Waals surface area (Å²) in [6.45, 7) is 5.63. The fourth-order valence-electron chi connectivity index (χ4n) is 2.73. The maximum absolute atomic E-state index is 12.5. The van der Waals surface area contributed by atoms with E-state index in [4.69, 9.17) is 16.3 Å². The molecule has 3 aromatic rings. The number of aryl methyl sites for hydroxylation is 3. The molecule has 0 saturated heterocycles. The molecule has 2 N–H and O–H groups in total. The van der Waals surface area contributed by atoms with Gasteiger partial charge in [0.25, 0.3) is 5.91 Å². The Kier molecular flexibility index (Phi) is 5.38. The third kappa shape index (κ3) is 4.41. The van der Waals surface area contributed by atoms with E-state index >= 15 is 0 Å². The van der Waals surface area contributed by atoms with Crippen LogP contribution in [0.4, 0.5) is 5.69 Å². The number of hydrogen-bond acceptors (Lipinski definition) is 3. The van der Waals surface area contributed by atoms with Gasteiger partial charge in [-0.15, -0.1) is 0 Å². The molecule has 0 aliphatic heterocycles. The number of anilines is 1. The van der Waals surface area contributed by atoms with Crippen LogP contribution >= 0.6 is 11.6 Å². The van der Waals surface area contributed by atoms with Crippen LogP contribution in [0, 0.1) is 20.8 Å². The number of rotatable bonds is 4. The molecule has 0 aliphatic carbocycles. The van der Waals surface area contributed by atoms with E-state index in [0.29, 0.717) is 27.8 Å². The Morgan fingerprint density at radius 2 is 1.67 bits per heavy atom. The number of nitrogens with one attached hydrogen (secondary N) is 1. The van der Waals surface area contributed by atoms with Crippen LogP contribution in [0.25, 0.3) is 0 Å². The largest absolute Gasteiger partial charge is 0.507 e. The number of ether oxygens (including phenoxy) is 1. The number of phenolic OH excluding ortho intramolecular Hbond substituents is 1. The van der Waals surface area contributed by atoms with Gasteiger partial charge in [0.1, 0.15) is 17.2 Å². The maximum atomic E-state index is 12.5. The van der Waals surface area contributed by atoms with Gasteiger partial charge in [-0.3, -0.25) is 4.79 Å². The smallest absolute Gasteiger partial charge is 0.259 e. The number of halogens is 1. The zero-order valence-electron chi connectivity index (χ0n) is 15.3. The van der Waals surface area contributed by atoms with Crippen molar-refractivity contribution in [2.24, 2.45) is 0 Å². The molecule has 138 valence electrons. The molecule has 0 heterocycles. The number of hydrogen-bond donors (Lipinski definition) is 2. The highest BCUT2D eigenvalue weighted by Crippen LogP contribution is 2.32. The monoisotopic (exact) mass is 381 g/mol. The highest BCUT2D eigenvalue weighted by molar-refractivity contribution is 6.32. The normalized spacial score (nSPS) is 10.5. The van der Waals surface area contributed by atoms with Gasteiger partial charge in [0, 0.05) is 5.69 Å². The molecule has 5 heteroatoms. The summed E-state index contributed by atoms with van der Waals surface area (Å²) >= 11 is 6.30. The molecule has 0 spiro atoms. The van der Waals surface area contributed by atoms with E-state index in [1.54, 1.807) is 31.2 Å². The van der Waals surface area contributed by atoms with E-state index in [1.165, 1.54) is 0 Å². The summed E-state index contributed by atoms with van der Waals surface area (Å²) in [5, 5.41) is 13.3. The molecule has 0 radical (unpaired) electrons. The number of carbonyl (C=O) groups excluding carboxylic acids is 1. The molecule has 1 amide bonds. The summed E-state index contributed by atoms with van der Waals surface area (Å²) in [6.07, 6.45) is 0. The lowest BCUT2D eigenvalue weighted by Crippen LogP contribution is -2.12. The zero-order chi connectivity index (χ0) is 19.6. The second-order valence-corrected chi connectivity index (χ2v) is 6.90. The predicted octanol–water partition coefficient (Wildman–Crippen LogP) is 6.02. The molecule has 27 heavy (non-hydrogen) atoms. The minimum atomic E-state index is -0.400. The first kappa shape index (κ1) is 18.8. The SMILES string of the molecule is Cc1ccc(Oc2ccc(NC(=O)c3cc(C)cc(C)c3O)cc2Cl)cc1.